The molecule has 1 rings (SSSR count). The molecule has 0 aliphatic rings. The van der Waals surface area contributed by atoms with Crippen LogP contribution in [0.2, 0.25) is 0 Å². The first-order chi connectivity index (χ1) is 6.45. The van der Waals surface area contributed by atoms with Gasteiger partial charge in [0.15, 0.2) is 0 Å². The molecule has 0 aliphatic heterocycles. The fraction of sp³-hybridized carbons (Fsp3) is 0.222. The summed E-state index contributed by atoms with van der Waals surface area (Å²) in [4.78, 5) is 0. The van der Waals surface area contributed by atoms with Crippen LogP contribution in [0.5, 0.6) is 0 Å². The molecular formula is C9H5BrF3N. The zero-order valence-corrected chi connectivity index (χ0v) is 8.48. The summed E-state index contributed by atoms with van der Waals surface area (Å²) in [6.07, 6.45) is -4.25. The van der Waals surface area contributed by atoms with Gasteiger partial charge in [0.1, 0.15) is 0 Å². The fourth-order valence-corrected chi connectivity index (χ4v) is 1.64. The number of alkyl halides is 3. The van der Waals surface area contributed by atoms with E-state index < -0.39 is 11.7 Å². The van der Waals surface area contributed by atoms with E-state index in [0.29, 0.717) is 5.56 Å². The summed E-state index contributed by atoms with van der Waals surface area (Å²) < 4.78 is 36.8. The van der Waals surface area contributed by atoms with Crippen molar-refractivity contribution in [2.24, 2.45) is 0 Å². The maximum atomic E-state index is 12.3. The topological polar surface area (TPSA) is 23.8 Å². The first-order valence-electron chi connectivity index (χ1n) is 3.67. The van der Waals surface area contributed by atoms with Crippen LogP contribution >= 0.6 is 15.9 Å². The van der Waals surface area contributed by atoms with Crippen LogP contribution in [0.1, 0.15) is 11.1 Å². The molecule has 0 fully saturated rings. The van der Waals surface area contributed by atoms with E-state index >= 15 is 0 Å². The second kappa shape index (κ2) is 4.01. The summed E-state index contributed by atoms with van der Waals surface area (Å²) in [7, 11) is 0. The Hall–Kier alpha value is -1.02. The standard InChI is InChI=1S/C9H5BrF3N/c10-8-5-6(3-4-14)1-2-7(8)9(11,12)13/h1-2,5H,3H2. The van der Waals surface area contributed by atoms with Crippen molar-refractivity contribution in [1.29, 1.82) is 5.26 Å². The van der Waals surface area contributed by atoms with E-state index in [2.05, 4.69) is 15.9 Å². The third kappa shape index (κ3) is 2.48. The molecule has 0 radical (unpaired) electrons. The number of hydrogen-bond donors (Lipinski definition) is 0. The van der Waals surface area contributed by atoms with E-state index in [-0.39, 0.29) is 10.9 Å². The van der Waals surface area contributed by atoms with Crippen LogP contribution in [0.15, 0.2) is 22.7 Å². The lowest BCUT2D eigenvalue weighted by molar-refractivity contribution is -0.138. The first kappa shape index (κ1) is 11.1. The highest BCUT2D eigenvalue weighted by molar-refractivity contribution is 9.10. The van der Waals surface area contributed by atoms with Crippen LogP contribution in [-0.2, 0) is 12.6 Å². The van der Waals surface area contributed by atoms with Crippen molar-refractivity contribution in [3.63, 3.8) is 0 Å². The summed E-state index contributed by atoms with van der Waals surface area (Å²) >= 11 is 2.82. The Kier molecular flexibility index (Phi) is 3.17. The predicted octanol–water partition coefficient (Wildman–Crippen LogP) is 3.53. The van der Waals surface area contributed by atoms with Gasteiger partial charge in [0.25, 0.3) is 0 Å². The van der Waals surface area contributed by atoms with E-state index in [1.54, 1.807) is 0 Å². The maximum Gasteiger partial charge on any atom is 0.417 e. The van der Waals surface area contributed by atoms with Crippen LogP contribution in [0.3, 0.4) is 0 Å². The van der Waals surface area contributed by atoms with Gasteiger partial charge in [-0.05, 0) is 17.7 Å². The Morgan fingerprint density at radius 3 is 2.43 bits per heavy atom. The minimum Gasteiger partial charge on any atom is -0.198 e. The van der Waals surface area contributed by atoms with E-state index in [9.17, 15) is 13.2 Å². The van der Waals surface area contributed by atoms with Crippen molar-refractivity contribution in [2.45, 2.75) is 12.6 Å². The molecule has 1 nitrogen and oxygen atoms in total. The van der Waals surface area contributed by atoms with Crippen LogP contribution in [0.4, 0.5) is 13.2 Å². The highest BCUT2D eigenvalue weighted by Gasteiger charge is 2.32. The van der Waals surface area contributed by atoms with E-state index in [1.165, 1.54) is 12.1 Å². The van der Waals surface area contributed by atoms with Gasteiger partial charge in [0.05, 0.1) is 18.1 Å². The summed E-state index contributed by atoms with van der Waals surface area (Å²) in [6.45, 7) is 0. The highest BCUT2D eigenvalue weighted by Crippen LogP contribution is 2.35. The molecule has 74 valence electrons. The van der Waals surface area contributed by atoms with Gasteiger partial charge < -0.3 is 0 Å². The second-order valence-electron chi connectivity index (χ2n) is 2.65. The summed E-state index contributed by atoms with van der Waals surface area (Å²) in [5, 5.41) is 8.35. The third-order valence-electron chi connectivity index (χ3n) is 1.62. The van der Waals surface area contributed by atoms with Gasteiger partial charge in [-0.2, -0.15) is 18.4 Å². The second-order valence-corrected chi connectivity index (χ2v) is 3.50. The number of nitrogens with zero attached hydrogens (tertiary/aromatic N) is 1. The van der Waals surface area contributed by atoms with Crippen LogP contribution in [0.25, 0.3) is 0 Å². The minimum atomic E-state index is -4.36. The normalized spacial score (nSPS) is 11.1. The van der Waals surface area contributed by atoms with Crippen LogP contribution < -0.4 is 0 Å². The number of nitriles is 1. The zero-order chi connectivity index (χ0) is 10.8. The SMILES string of the molecule is N#CCc1ccc(C(F)(F)F)c(Br)c1. The Labute approximate surface area is 87.3 Å². The highest BCUT2D eigenvalue weighted by atomic mass is 79.9. The lowest BCUT2D eigenvalue weighted by Gasteiger charge is -2.09. The quantitative estimate of drug-likeness (QED) is 0.761. The lowest BCUT2D eigenvalue weighted by Crippen LogP contribution is -2.06. The summed E-state index contributed by atoms with van der Waals surface area (Å²) in [6, 6.07) is 5.45. The average molecular weight is 264 g/mol. The number of benzene rings is 1. The molecule has 1 aromatic carbocycles. The molecule has 0 bridgehead atoms. The van der Waals surface area contributed by atoms with Gasteiger partial charge in [-0.3, -0.25) is 0 Å². The average Bonchev–Trinajstić information content (AvgIpc) is 2.02. The van der Waals surface area contributed by atoms with E-state index in [1.807, 2.05) is 6.07 Å². The van der Waals surface area contributed by atoms with Crippen LogP contribution in [-0.4, -0.2) is 0 Å². The molecule has 0 spiro atoms. The predicted molar refractivity (Wildman–Crippen MR) is 48.5 cm³/mol. The molecule has 0 aromatic heterocycles. The summed E-state index contributed by atoms with van der Waals surface area (Å²) in [5.74, 6) is 0. The van der Waals surface area contributed by atoms with E-state index in [0.717, 1.165) is 6.07 Å². The Bertz CT molecular complexity index is 379. The largest absolute Gasteiger partial charge is 0.417 e. The number of rotatable bonds is 1. The molecular weight excluding hydrogens is 259 g/mol. The van der Waals surface area contributed by atoms with E-state index in [4.69, 9.17) is 5.26 Å². The van der Waals surface area contributed by atoms with Crippen molar-refractivity contribution in [2.75, 3.05) is 0 Å². The third-order valence-corrected chi connectivity index (χ3v) is 2.28. The van der Waals surface area contributed by atoms with Gasteiger partial charge in [-0.15, -0.1) is 0 Å². The molecule has 5 heteroatoms. The van der Waals surface area contributed by atoms with Gasteiger partial charge in [0, 0.05) is 4.47 Å². The molecule has 0 unspecified atom stereocenters. The monoisotopic (exact) mass is 263 g/mol. The molecule has 0 heterocycles. The zero-order valence-electron chi connectivity index (χ0n) is 6.90. The molecule has 0 amide bonds. The molecule has 14 heavy (non-hydrogen) atoms. The number of hydrogen-bond acceptors (Lipinski definition) is 1. The molecule has 0 aliphatic carbocycles. The molecule has 1 aromatic rings. The van der Waals surface area contributed by atoms with Gasteiger partial charge >= 0.3 is 6.18 Å². The van der Waals surface area contributed by atoms with Crippen molar-refractivity contribution in [3.05, 3.63) is 33.8 Å². The first-order valence-corrected chi connectivity index (χ1v) is 4.47. The lowest BCUT2D eigenvalue weighted by atomic mass is 10.1. The molecule has 0 saturated carbocycles. The van der Waals surface area contributed by atoms with Gasteiger partial charge in [0.2, 0.25) is 0 Å². The number of halogens is 4. The van der Waals surface area contributed by atoms with Gasteiger partial charge in [-0.1, -0.05) is 22.0 Å². The molecule has 0 atom stereocenters. The molecule has 0 saturated heterocycles. The Morgan fingerprint density at radius 1 is 1.36 bits per heavy atom. The minimum absolute atomic E-state index is 0.0299. The maximum absolute atomic E-state index is 12.3. The van der Waals surface area contributed by atoms with Crippen LogP contribution in [0, 0.1) is 11.3 Å². The Morgan fingerprint density at radius 2 is 2.00 bits per heavy atom. The smallest absolute Gasteiger partial charge is 0.198 e. The molecule has 0 N–H and O–H groups in total. The Balaban J connectivity index is 3.09. The summed E-state index contributed by atoms with van der Waals surface area (Å²) in [5.41, 5.74) is -0.161. The van der Waals surface area contributed by atoms with Crippen molar-refractivity contribution in [1.82, 2.24) is 0 Å². The van der Waals surface area contributed by atoms with Gasteiger partial charge in [-0.25, -0.2) is 0 Å². The van der Waals surface area contributed by atoms with Crippen molar-refractivity contribution >= 4 is 15.9 Å². The van der Waals surface area contributed by atoms with Crippen molar-refractivity contribution in [3.8, 4) is 6.07 Å². The van der Waals surface area contributed by atoms with Crippen molar-refractivity contribution < 1.29 is 13.2 Å². The fourth-order valence-electron chi connectivity index (χ4n) is 0.990.